The average Bonchev–Trinajstić information content (AvgIpc) is 3.12. The molecule has 2 aromatic carbocycles. The monoisotopic (exact) mass is 378 g/mol. The van der Waals surface area contributed by atoms with Crippen molar-refractivity contribution in [1.82, 2.24) is 14.5 Å². The van der Waals surface area contributed by atoms with E-state index in [0.29, 0.717) is 24.4 Å². The van der Waals surface area contributed by atoms with Gasteiger partial charge in [-0.1, -0.05) is 25.1 Å². The first kappa shape index (κ1) is 18.3. The number of nitrogens with zero attached hydrogens (tertiary/aromatic N) is 4. The minimum Gasteiger partial charge on any atom is -0.497 e. The SMILES string of the molecule is CCCn1c(N2CCN(C(=O)c3cccc(OC)c3)CC2)nc2ccccc21. The molecule has 1 fully saturated rings. The van der Waals surface area contributed by atoms with Crippen LogP contribution < -0.4 is 9.64 Å². The van der Waals surface area contributed by atoms with Gasteiger partial charge in [-0.2, -0.15) is 0 Å². The number of carbonyl (C=O) groups is 1. The molecular formula is C22H26N4O2. The fourth-order valence-corrected chi connectivity index (χ4v) is 3.80. The molecule has 0 spiro atoms. The van der Waals surface area contributed by atoms with Crippen molar-refractivity contribution in [3.05, 3.63) is 54.1 Å². The summed E-state index contributed by atoms with van der Waals surface area (Å²) in [5.41, 5.74) is 2.88. The Morgan fingerprint density at radius 3 is 2.61 bits per heavy atom. The number of rotatable bonds is 5. The van der Waals surface area contributed by atoms with Crippen LogP contribution in [0, 0.1) is 0 Å². The van der Waals surface area contributed by atoms with Gasteiger partial charge in [0, 0.05) is 38.3 Å². The number of fused-ring (bicyclic) bond motifs is 1. The Kier molecular flexibility index (Phi) is 5.19. The number of hydrogen-bond donors (Lipinski definition) is 0. The van der Waals surface area contributed by atoms with Gasteiger partial charge < -0.3 is 19.1 Å². The molecule has 3 aromatic rings. The molecular weight excluding hydrogens is 352 g/mol. The molecule has 28 heavy (non-hydrogen) atoms. The molecule has 0 atom stereocenters. The number of carbonyl (C=O) groups excluding carboxylic acids is 1. The summed E-state index contributed by atoms with van der Waals surface area (Å²) in [4.78, 5) is 21.9. The van der Waals surface area contributed by atoms with Gasteiger partial charge in [0.2, 0.25) is 5.95 Å². The third-order valence-electron chi connectivity index (χ3n) is 5.25. The van der Waals surface area contributed by atoms with Crippen LogP contribution in [0.3, 0.4) is 0 Å². The van der Waals surface area contributed by atoms with Crippen LogP contribution in [0.25, 0.3) is 11.0 Å². The van der Waals surface area contributed by atoms with Crippen molar-refractivity contribution >= 4 is 22.9 Å². The van der Waals surface area contributed by atoms with Gasteiger partial charge in [-0.15, -0.1) is 0 Å². The van der Waals surface area contributed by atoms with Crippen molar-refractivity contribution in [3.63, 3.8) is 0 Å². The highest BCUT2D eigenvalue weighted by Gasteiger charge is 2.25. The summed E-state index contributed by atoms with van der Waals surface area (Å²) < 4.78 is 7.54. The van der Waals surface area contributed by atoms with Gasteiger partial charge in [0.15, 0.2) is 0 Å². The maximum absolute atomic E-state index is 12.9. The van der Waals surface area contributed by atoms with E-state index in [1.54, 1.807) is 13.2 Å². The van der Waals surface area contributed by atoms with Crippen LogP contribution in [0.2, 0.25) is 0 Å². The standard InChI is InChI=1S/C22H26N4O2/c1-3-11-26-20-10-5-4-9-19(20)23-22(26)25-14-12-24(13-15-25)21(27)17-7-6-8-18(16-17)28-2/h4-10,16H,3,11-15H2,1-2H3. The van der Waals surface area contributed by atoms with Crippen LogP contribution in [0.15, 0.2) is 48.5 Å². The molecule has 0 saturated carbocycles. The molecule has 1 aromatic heterocycles. The Hall–Kier alpha value is -3.02. The fraction of sp³-hybridized carbons (Fsp3) is 0.364. The van der Waals surface area contributed by atoms with E-state index in [1.807, 2.05) is 29.2 Å². The number of hydrogen-bond acceptors (Lipinski definition) is 4. The van der Waals surface area contributed by atoms with Crippen LogP contribution in [0.5, 0.6) is 5.75 Å². The number of anilines is 1. The van der Waals surface area contributed by atoms with E-state index < -0.39 is 0 Å². The lowest BCUT2D eigenvalue weighted by Gasteiger charge is -2.35. The number of imidazole rings is 1. The van der Waals surface area contributed by atoms with Crippen molar-refractivity contribution < 1.29 is 9.53 Å². The molecule has 1 amide bonds. The minimum atomic E-state index is 0.0561. The van der Waals surface area contributed by atoms with Gasteiger partial charge in [-0.25, -0.2) is 4.98 Å². The molecule has 4 rings (SSSR count). The minimum absolute atomic E-state index is 0.0561. The van der Waals surface area contributed by atoms with Crippen LogP contribution in [0.4, 0.5) is 5.95 Å². The highest BCUT2D eigenvalue weighted by atomic mass is 16.5. The summed E-state index contributed by atoms with van der Waals surface area (Å²) in [6.45, 7) is 6.06. The molecule has 0 N–H and O–H groups in total. The Morgan fingerprint density at radius 2 is 1.86 bits per heavy atom. The molecule has 6 heteroatoms. The van der Waals surface area contributed by atoms with Gasteiger partial charge in [-0.3, -0.25) is 4.79 Å². The van der Waals surface area contributed by atoms with E-state index in [1.165, 1.54) is 5.52 Å². The van der Waals surface area contributed by atoms with Crippen LogP contribution >= 0.6 is 0 Å². The molecule has 2 heterocycles. The number of para-hydroxylation sites is 2. The first-order valence-corrected chi connectivity index (χ1v) is 9.85. The molecule has 0 radical (unpaired) electrons. The number of aromatic nitrogens is 2. The second-order valence-corrected chi connectivity index (χ2v) is 7.06. The fourth-order valence-electron chi connectivity index (χ4n) is 3.80. The van der Waals surface area contributed by atoms with Gasteiger partial charge in [0.1, 0.15) is 5.75 Å². The van der Waals surface area contributed by atoms with Crippen LogP contribution in [-0.4, -0.2) is 53.6 Å². The predicted molar refractivity (Wildman–Crippen MR) is 111 cm³/mol. The first-order chi connectivity index (χ1) is 13.7. The van der Waals surface area contributed by atoms with E-state index in [0.717, 1.165) is 37.5 Å². The van der Waals surface area contributed by atoms with Crippen molar-refractivity contribution in [3.8, 4) is 5.75 Å². The van der Waals surface area contributed by atoms with Crippen molar-refractivity contribution in [2.75, 3.05) is 38.2 Å². The van der Waals surface area contributed by atoms with E-state index in [2.05, 4.69) is 34.6 Å². The smallest absolute Gasteiger partial charge is 0.254 e. The van der Waals surface area contributed by atoms with Crippen molar-refractivity contribution in [2.45, 2.75) is 19.9 Å². The summed E-state index contributed by atoms with van der Waals surface area (Å²) in [5.74, 6) is 1.77. The quantitative estimate of drug-likeness (QED) is 0.683. The third kappa shape index (κ3) is 3.42. The second kappa shape index (κ2) is 7.92. The Balaban J connectivity index is 1.50. The zero-order valence-electron chi connectivity index (χ0n) is 16.5. The number of benzene rings is 2. The van der Waals surface area contributed by atoms with Gasteiger partial charge >= 0.3 is 0 Å². The lowest BCUT2D eigenvalue weighted by atomic mass is 10.1. The largest absolute Gasteiger partial charge is 0.497 e. The van der Waals surface area contributed by atoms with E-state index in [4.69, 9.17) is 9.72 Å². The third-order valence-corrected chi connectivity index (χ3v) is 5.25. The molecule has 146 valence electrons. The summed E-state index contributed by atoms with van der Waals surface area (Å²) in [6, 6.07) is 15.6. The Labute approximate surface area is 165 Å². The lowest BCUT2D eigenvalue weighted by molar-refractivity contribution is 0.0745. The topological polar surface area (TPSA) is 50.6 Å². The molecule has 1 saturated heterocycles. The van der Waals surface area contributed by atoms with Gasteiger partial charge in [0.25, 0.3) is 5.91 Å². The molecule has 6 nitrogen and oxygen atoms in total. The normalized spacial score (nSPS) is 14.5. The van der Waals surface area contributed by atoms with E-state index >= 15 is 0 Å². The summed E-state index contributed by atoms with van der Waals surface area (Å²) in [7, 11) is 1.62. The van der Waals surface area contributed by atoms with Crippen LogP contribution in [0.1, 0.15) is 23.7 Å². The highest BCUT2D eigenvalue weighted by molar-refractivity contribution is 5.94. The van der Waals surface area contributed by atoms with Crippen LogP contribution in [-0.2, 0) is 6.54 Å². The van der Waals surface area contributed by atoms with Crippen molar-refractivity contribution in [2.24, 2.45) is 0 Å². The maximum Gasteiger partial charge on any atom is 0.254 e. The highest BCUT2D eigenvalue weighted by Crippen LogP contribution is 2.24. The maximum atomic E-state index is 12.9. The summed E-state index contributed by atoms with van der Waals surface area (Å²) in [5, 5.41) is 0. The summed E-state index contributed by atoms with van der Waals surface area (Å²) in [6.07, 6.45) is 1.06. The van der Waals surface area contributed by atoms with Crippen molar-refractivity contribution in [1.29, 1.82) is 0 Å². The number of ether oxygens (including phenoxy) is 1. The van der Waals surface area contributed by atoms with Gasteiger partial charge in [-0.05, 0) is 36.8 Å². The molecule has 0 unspecified atom stereocenters. The first-order valence-electron chi connectivity index (χ1n) is 9.85. The number of piperazine rings is 1. The number of amides is 1. The molecule has 1 aliphatic heterocycles. The predicted octanol–water partition coefficient (Wildman–Crippen LogP) is 3.42. The molecule has 0 aliphatic carbocycles. The summed E-state index contributed by atoms with van der Waals surface area (Å²) >= 11 is 0. The average molecular weight is 378 g/mol. The zero-order valence-corrected chi connectivity index (χ0v) is 16.5. The van der Waals surface area contributed by atoms with Gasteiger partial charge in [0.05, 0.1) is 18.1 Å². The Bertz CT molecular complexity index is 974. The Morgan fingerprint density at radius 1 is 1.07 bits per heavy atom. The number of methoxy groups -OCH3 is 1. The zero-order chi connectivity index (χ0) is 19.5. The molecule has 0 bridgehead atoms. The second-order valence-electron chi connectivity index (χ2n) is 7.06. The van der Waals surface area contributed by atoms with E-state index in [-0.39, 0.29) is 5.91 Å². The number of aryl methyl sites for hydroxylation is 1. The van der Waals surface area contributed by atoms with E-state index in [9.17, 15) is 4.79 Å². The lowest BCUT2D eigenvalue weighted by Crippen LogP contribution is -2.49. The molecule has 1 aliphatic rings.